The zero-order valence-corrected chi connectivity index (χ0v) is 13.8. The standard InChI is InChI=1S/C20H25NO2/c1-23-19-5-2-14(3-6-19)4-7-20(22)21-13-17-9-15-8-16(10-17)12-18(21)11-15/h2-7,15-18H,8-13H2,1H3/b7-4+. The molecule has 2 saturated carbocycles. The van der Waals surface area contributed by atoms with Gasteiger partial charge in [-0.3, -0.25) is 4.79 Å². The van der Waals surface area contributed by atoms with E-state index >= 15 is 0 Å². The molecule has 1 amide bonds. The molecule has 4 bridgehead atoms. The van der Waals surface area contributed by atoms with Crippen molar-refractivity contribution >= 4 is 12.0 Å². The normalized spacial score (nSPS) is 32.3. The van der Waals surface area contributed by atoms with Crippen LogP contribution in [0, 0.1) is 17.8 Å². The van der Waals surface area contributed by atoms with Gasteiger partial charge in [0.1, 0.15) is 5.75 Å². The van der Waals surface area contributed by atoms with Crippen molar-refractivity contribution in [3.63, 3.8) is 0 Å². The summed E-state index contributed by atoms with van der Waals surface area (Å²) in [4.78, 5) is 14.9. The van der Waals surface area contributed by atoms with Gasteiger partial charge in [-0.15, -0.1) is 0 Å². The first kappa shape index (κ1) is 14.8. The largest absolute Gasteiger partial charge is 0.497 e. The molecule has 2 atom stereocenters. The Kier molecular flexibility index (Phi) is 3.88. The minimum Gasteiger partial charge on any atom is -0.497 e. The molecule has 2 heterocycles. The summed E-state index contributed by atoms with van der Waals surface area (Å²) >= 11 is 0. The number of carbonyl (C=O) groups is 1. The molecule has 0 spiro atoms. The van der Waals surface area contributed by atoms with E-state index in [1.165, 1.54) is 32.1 Å². The minimum absolute atomic E-state index is 0.194. The first-order valence-electron chi connectivity index (χ1n) is 8.84. The van der Waals surface area contributed by atoms with Crippen LogP contribution in [0.1, 0.15) is 37.7 Å². The number of amides is 1. The fourth-order valence-electron chi connectivity index (χ4n) is 5.03. The zero-order valence-electron chi connectivity index (χ0n) is 13.8. The number of benzene rings is 1. The Morgan fingerprint density at radius 3 is 2.35 bits per heavy atom. The maximum absolute atomic E-state index is 12.7. The first-order chi connectivity index (χ1) is 11.2. The fraction of sp³-hybridized carbons (Fsp3) is 0.550. The number of rotatable bonds is 3. The predicted octanol–water partition coefficient (Wildman–Crippen LogP) is 3.75. The second-order valence-electron chi connectivity index (χ2n) is 7.53. The Morgan fingerprint density at radius 1 is 1.04 bits per heavy atom. The lowest BCUT2D eigenvalue weighted by Crippen LogP contribution is -2.41. The van der Waals surface area contributed by atoms with E-state index in [2.05, 4.69) is 4.90 Å². The topological polar surface area (TPSA) is 29.5 Å². The minimum atomic E-state index is 0.194. The molecule has 3 heteroatoms. The van der Waals surface area contributed by atoms with Gasteiger partial charge >= 0.3 is 0 Å². The summed E-state index contributed by atoms with van der Waals surface area (Å²) in [7, 11) is 1.66. The lowest BCUT2D eigenvalue weighted by Gasteiger charge is -2.38. The van der Waals surface area contributed by atoms with Crippen molar-refractivity contribution in [2.75, 3.05) is 13.7 Å². The second kappa shape index (κ2) is 6.03. The fourth-order valence-corrected chi connectivity index (χ4v) is 5.03. The Morgan fingerprint density at radius 2 is 1.70 bits per heavy atom. The molecule has 0 radical (unpaired) electrons. The van der Waals surface area contributed by atoms with Crippen LogP contribution in [0.15, 0.2) is 30.3 Å². The van der Waals surface area contributed by atoms with Gasteiger partial charge in [-0.1, -0.05) is 12.1 Å². The summed E-state index contributed by atoms with van der Waals surface area (Å²) in [5.74, 6) is 3.53. The molecule has 4 fully saturated rings. The number of carbonyl (C=O) groups excluding carboxylic acids is 1. The van der Waals surface area contributed by atoms with Gasteiger partial charge in [-0.05, 0) is 73.6 Å². The molecular weight excluding hydrogens is 286 g/mol. The van der Waals surface area contributed by atoms with Gasteiger partial charge in [0.25, 0.3) is 0 Å². The molecule has 2 saturated heterocycles. The molecule has 2 unspecified atom stereocenters. The molecule has 3 nitrogen and oxygen atoms in total. The van der Waals surface area contributed by atoms with Crippen LogP contribution in [0.3, 0.4) is 0 Å². The lowest BCUT2D eigenvalue weighted by molar-refractivity contribution is -0.128. The van der Waals surface area contributed by atoms with E-state index in [0.29, 0.717) is 6.04 Å². The number of methoxy groups -OCH3 is 1. The molecule has 1 aromatic carbocycles. The SMILES string of the molecule is COc1ccc(/C=C/C(=O)N2CC3CC4CC(C3)CC2C4)cc1. The predicted molar refractivity (Wildman–Crippen MR) is 91.1 cm³/mol. The van der Waals surface area contributed by atoms with Crippen molar-refractivity contribution in [3.8, 4) is 5.75 Å². The van der Waals surface area contributed by atoms with Crippen molar-refractivity contribution in [2.45, 2.75) is 38.1 Å². The van der Waals surface area contributed by atoms with E-state index in [-0.39, 0.29) is 5.91 Å². The van der Waals surface area contributed by atoms with E-state index in [1.807, 2.05) is 30.3 Å². The third-order valence-electron chi connectivity index (χ3n) is 5.92. The average Bonchev–Trinajstić information content (AvgIpc) is 2.76. The second-order valence-corrected chi connectivity index (χ2v) is 7.53. The number of nitrogens with zero attached hydrogens (tertiary/aromatic N) is 1. The van der Waals surface area contributed by atoms with Gasteiger partial charge in [0.05, 0.1) is 7.11 Å². The summed E-state index contributed by atoms with van der Waals surface area (Å²) in [6.45, 7) is 0.976. The van der Waals surface area contributed by atoms with Crippen molar-refractivity contribution < 1.29 is 9.53 Å². The van der Waals surface area contributed by atoms with Crippen LogP contribution in [0.4, 0.5) is 0 Å². The van der Waals surface area contributed by atoms with E-state index in [1.54, 1.807) is 13.2 Å². The number of fused-ring (bicyclic) bond motifs is 1. The van der Waals surface area contributed by atoms with Crippen molar-refractivity contribution in [3.05, 3.63) is 35.9 Å². The van der Waals surface area contributed by atoms with Crippen molar-refractivity contribution in [2.24, 2.45) is 17.8 Å². The van der Waals surface area contributed by atoms with Crippen LogP contribution in [-0.2, 0) is 4.79 Å². The lowest BCUT2D eigenvalue weighted by atomic mass is 9.68. The van der Waals surface area contributed by atoms with Crippen molar-refractivity contribution in [1.29, 1.82) is 0 Å². The molecule has 122 valence electrons. The van der Waals surface area contributed by atoms with Crippen LogP contribution < -0.4 is 4.74 Å². The van der Waals surface area contributed by atoms with E-state index in [0.717, 1.165) is 35.6 Å². The van der Waals surface area contributed by atoms with Crippen LogP contribution in [0.25, 0.3) is 6.08 Å². The number of hydrogen-bond donors (Lipinski definition) is 0. The Hall–Kier alpha value is -1.77. The molecule has 4 aliphatic rings. The van der Waals surface area contributed by atoms with Crippen LogP contribution in [0.2, 0.25) is 0 Å². The van der Waals surface area contributed by atoms with E-state index in [4.69, 9.17) is 4.74 Å². The summed E-state index contributed by atoms with van der Waals surface area (Å²) in [6, 6.07) is 8.31. The van der Waals surface area contributed by atoms with Gasteiger partial charge < -0.3 is 9.64 Å². The summed E-state index contributed by atoms with van der Waals surface area (Å²) in [6.07, 6.45) is 10.3. The highest BCUT2D eigenvalue weighted by atomic mass is 16.5. The number of hydrogen-bond acceptors (Lipinski definition) is 2. The molecule has 2 aliphatic carbocycles. The van der Waals surface area contributed by atoms with Crippen LogP contribution in [0.5, 0.6) is 5.75 Å². The number of ether oxygens (including phenoxy) is 1. The molecule has 0 aromatic heterocycles. The Bertz CT molecular complexity index is 593. The van der Waals surface area contributed by atoms with Crippen LogP contribution >= 0.6 is 0 Å². The average molecular weight is 311 g/mol. The van der Waals surface area contributed by atoms with Gasteiger partial charge in [0.2, 0.25) is 5.91 Å². The molecular formula is C20H25NO2. The Labute approximate surface area is 138 Å². The van der Waals surface area contributed by atoms with Gasteiger partial charge in [-0.25, -0.2) is 0 Å². The summed E-state index contributed by atoms with van der Waals surface area (Å²) in [5, 5.41) is 0. The van der Waals surface area contributed by atoms with Crippen molar-refractivity contribution in [1.82, 2.24) is 4.90 Å². The quantitative estimate of drug-likeness (QED) is 0.796. The highest BCUT2D eigenvalue weighted by molar-refractivity contribution is 5.92. The monoisotopic (exact) mass is 311 g/mol. The van der Waals surface area contributed by atoms with E-state index < -0.39 is 0 Å². The molecule has 0 N–H and O–H groups in total. The van der Waals surface area contributed by atoms with E-state index in [9.17, 15) is 4.79 Å². The summed E-state index contributed by atoms with van der Waals surface area (Å²) in [5.41, 5.74) is 1.04. The molecule has 2 aliphatic heterocycles. The van der Waals surface area contributed by atoms with Gasteiger partial charge in [0, 0.05) is 18.7 Å². The maximum Gasteiger partial charge on any atom is 0.246 e. The maximum atomic E-state index is 12.7. The third-order valence-corrected chi connectivity index (χ3v) is 5.92. The van der Waals surface area contributed by atoms with Gasteiger partial charge in [0.15, 0.2) is 0 Å². The summed E-state index contributed by atoms with van der Waals surface area (Å²) < 4.78 is 5.17. The Balaban J connectivity index is 1.47. The highest BCUT2D eigenvalue weighted by Gasteiger charge is 2.43. The smallest absolute Gasteiger partial charge is 0.246 e. The third kappa shape index (κ3) is 3.01. The molecule has 1 aromatic rings. The molecule has 5 rings (SSSR count). The zero-order chi connectivity index (χ0) is 15.8. The molecule has 23 heavy (non-hydrogen) atoms. The van der Waals surface area contributed by atoms with Crippen LogP contribution in [-0.4, -0.2) is 30.5 Å². The first-order valence-corrected chi connectivity index (χ1v) is 8.84. The highest BCUT2D eigenvalue weighted by Crippen LogP contribution is 2.47. The van der Waals surface area contributed by atoms with Gasteiger partial charge in [-0.2, -0.15) is 0 Å².